The molecule has 1 heterocycles. The van der Waals surface area contributed by atoms with E-state index in [1.54, 1.807) is 0 Å². The van der Waals surface area contributed by atoms with Crippen LogP contribution in [-0.2, 0) is 9.53 Å². The second-order valence-corrected chi connectivity index (χ2v) is 5.25. The number of hydrogen-bond donors (Lipinski definition) is 2. The molecule has 1 aromatic carbocycles. The van der Waals surface area contributed by atoms with Gasteiger partial charge in [-0.15, -0.1) is 0 Å². The van der Waals surface area contributed by atoms with E-state index in [1.807, 2.05) is 24.3 Å². The Bertz CT molecular complexity index is 419. The van der Waals surface area contributed by atoms with E-state index in [-0.39, 0.29) is 12.0 Å². The third-order valence-corrected chi connectivity index (χ3v) is 3.80. The molecule has 1 aliphatic rings. The molecule has 1 aliphatic heterocycles. The molecule has 1 saturated heterocycles. The largest absolute Gasteiger partial charge is 0.377 e. The lowest BCUT2D eigenvalue weighted by Crippen LogP contribution is -2.37. The minimum absolute atomic E-state index is 0.189. The zero-order valence-corrected chi connectivity index (χ0v) is 11.7. The number of primary amides is 1. The fourth-order valence-corrected chi connectivity index (χ4v) is 2.64. The van der Waals surface area contributed by atoms with E-state index >= 15 is 0 Å². The topological polar surface area (TPSA) is 64.4 Å². The van der Waals surface area contributed by atoms with Gasteiger partial charge >= 0.3 is 0 Å². The Morgan fingerprint density at radius 2 is 2.33 bits per heavy atom. The average Bonchev–Trinajstić information content (AvgIpc) is 2.84. The maximum atomic E-state index is 11.6. The number of carbonyl (C=O) groups is 1. The average molecular weight is 313 g/mol. The Kier molecular flexibility index (Phi) is 4.74. The lowest BCUT2D eigenvalue weighted by Gasteiger charge is -2.19. The number of halogens is 1. The molecule has 2 unspecified atom stereocenters. The van der Waals surface area contributed by atoms with Gasteiger partial charge in [0.25, 0.3) is 0 Å². The van der Waals surface area contributed by atoms with E-state index < -0.39 is 6.04 Å². The van der Waals surface area contributed by atoms with Crippen LogP contribution in [0, 0.1) is 0 Å². The van der Waals surface area contributed by atoms with Gasteiger partial charge in [0.15, 0.2) is 0 Å². The van der Waals surface area contributed by atoms with Gasteiger partial charge in [-0.05, 0) is 24.5 Å². The molecule has 18 heavy (non-hydrogen) atoms. The summed E-state index contributed by atoms with van der Waals surface area (Å²) in [6.07, 6.45) is 2.31. The highest BCUT2D eigenvalue weighted by Crippen LogP contribution is 2.23. The van der Waals surface area contributed by atoms with Crippen LogP contribution in [0.1, 0.15) is 24.4 Å². The summed E-state index contributed by atoms with van der Waals surface area (Å²) in [6, 6.07) is 7.11. The minimum Gasteiger partial charge on any atom is -0.377 e. The third kappa shape index (κ3) is 3.31. The summed E-state index contributed by atoms with van der Waals surface area (Å²) in [5.41, 5.74) is 6.32. The fourth-order valence-electron chi connectivity index (χ4n) is 2.13. The summed E-state index contributed by atoms with van der Waals surface area (Å²) in [6.45, 7) is 1.46. The Labute approximate surface area is 115 Å². The Balaban J connectivity index is 2.04. The number of hydrogen-bond acceptors (Lipinski definition) is 3. The summed E-state index contributed by atoms with van der Waals surface area (Å²) in [4.78, 5) is 11.6. The molecule has 0 bridgehead atoms. The molecule has 3 N–H and O–H groups in total. The van der Waals surface area contributed by atoms with Crippen molar-refractivity contribution in [2.24, 2.45) is 5.73 Å². The number of nitrogens with one attached hydrogen (secondary N) is 1. The van der Waals surface area contributed by atoms with Crippen LogP contribution in [-0.4, -0.2) is 25.2 Å². The van der Waals surface area contributed by atoms with Crippen LogP contribution in [0.15, 0.2) is 28.7 Å². The van der Waals surface area contributed by atoms with Crippen molar-refractivity contribution in [2.45, 2.75) is 25.0 Å². The molecule has 1 aromatic rings. The molecule has 0 aliphatic carbocycles. The van der Waals surface area contributed by atoms with Gasteiger partial charge in [-0.25, -0.2) is 0 Å². The molecule has 0 radical (unpaired) electrons. The summed E-state index contributed by atoms with van der Waals surface area (Å²) in [7, 11) is 0. The van der Waals surface area contributed by atoms with Crippen molar-refractivity contribution in [2.75, 3.05) is 13.2 Å². The van der Waals surface area contributed by atoms with E-state index in [0.717, 1.165) is 29.5 Å². The van der Waals surface area contributed by atoms with Crippen molar-refractivity contribution in [3.05, 3.63) is 34.3 Å². The first-order chi connectivity index (χ1) is 8.68. The molecule has 2 rings (SSSR count). The van der Waals surface area contributed by atoms with Gasteiger partial charge in [0.1, 0.15) is 6.04 Å². The Hall–Kier alpha value is -0.910. The van der Waals surface area contributed by atoms with Crippen molar-refractivity contribution >= 4 is 21.8 Å². The predicted octanol–water partition coefficient (Wildman–Crippen LogP) is 1.74. The number of carbonyl (C=O) groups excluding carboxylic acids is 1. The van der Waals surface area contributed by atoms with Crippen LogP contribution >= 0.6 is 15.9 Å². The van der Waals surface area contributed by atoms with E-state index in [4.69, 9.17) is 10.5 Å². The minimum atomic E-state index is -0.482. The highest BCUT2D eigenvalue weighted by molar-refractivity contribution is 9.10. The number of amides is 1. The zero-order chi connectivity index (χ0) is 13.0. The highest BCUT2D eigenvalue weighted by atomic mass is 79.9. The van der Waals surface area contributed by atoms with E-state index in [0.29, 0.717) is 6.54 Å². The fraction of sp³-hybridized carbons (Fsp3) is 0.462. The summed E-state index contributed by atoms with van der Waals surface area (Å²) < 4.78 is 6.41. The standard InChI is InChI=1S/C13H17BrN2O2/c14-11-6-2-1-5-10(11)12(13(15)17)16-8-9-4-3-7-18-9/h1-2,5-6,9,12,16H,3-4,7-8H2,(H2,15,17). The monoisotopic (exact) mass is 312 g/mol. The van der Waals surface area contributed by atoms with Crippen molar-refractivity contribution in [3.63, 3.8) is 0 Å². The van der Waals surface area contributed by atoms with Gasteiger partial charge in [-0.1, -0.05) is 34.1 Å². The van der Waals surface area contributed by atoms with Gasteiger partial charge in [-0.3, -0.25) is 10.1 Å². The quantitative estimate of drug-likeness (QED) is 0.870. The van der Waals surface area contributed by atoms with Crippen molar-refractivity contribution < 1.29 is 9.53 Å². The molecule has 98 valence electrons. The summed E-state index contributed by atoms with van der Waals surface area (Å²) in [5.74, 6) is -0.375. The molecule has 0 saturated carbocycles. The normalized spacial score (nSPS) is 20.8. The van der Waals surface area contributed by atoms with Crippen LogP contribution in [0.3, 0.4) is 0 Å². The lowest BCUT2D eigenvalue weighted by molar-refractivity contribution is -0.120. The van der Waals surface area contributed by atoms with Crippen molar-refractivity contribution in [3.8, 4) is 0 Å². The van der Waals surface area contributed by atoms with E-state index in [9.17, 15) is 4.79 Å². The summed E-state index contributed by atoms with van der Waals surface area (Å²) in [5, 5.41) is 3.19. The van der Waals surface area contributed by atoms with E-state index in [2.05, 4.69) is 21.2 Å². The SMILES string of the molecule is NC(=O)C(NCC1CCCO1)c1ccccc1Br. The second-order valence-electron chi connectivity index (χ2n) is 4.40. The second kappa shape index (κ2) is 6.31. The highest BCUT2D eigenvalue weighted by Gasteiger charge is 2.22. The molecule has 1 fully saturated rings. The van der Waals surface area contributed by atoms with Crippen LogP contribution in [0.4, 0.5) is 0 Å². The molecular formula is C13H17BrN2O2. The van der Waals surface area contributed by atoms with Crippen LogP contribution < -0.4 is 11.1 Å². The van der Waals surface area contributed by atoms with Gasteiger partial charge in [-0.2, -0.15) is 0 Å². The number of ether oxygens (including phenoxy) is 1. The maximum Gasteiger partial charge on any atom is 0.239 e. The summed E-state index contributed by atoms with van der Waals surface area (Å²) >= 11 is 3.44. The van der Waals surface area contributed by atoms with Gasteiger partial charge < -0.3 is 10.5 Å². The third-order valence-electron chi connectivity index (χ3n) is 3.07. The number of benzene rings is 1. The zero-order valence-electron chi connectivity index (χ0n) is 10.1. The van der Waals surface area contributed by atoms with Crippen molar-refractivity contribution in [1.29, 1.82) is 0 Å². The molecule has 4 nitrogen and oxygen atoms in total. The Morgan fingerprint density at radius 3 is 2.94 bits per heavy atom. The molecule has 5 heteroatoms. The molecule has 0 spiro atoms. The molecular weight excluding hydrogens is 296 g/mol. The molecule has 0 aromatic heterocycles. The first kappa shape index (κ1) is 13.5. The smallest absolute Gasteiger partial charge is 0.239 e. The number of nitrogens with two attached hydrogens (primary N) is 1. The first-order valence-electron chi connectivity index (χ1n) is 6.07. The number of rotatable bonds is 5. The van der Waals surface area contributed by atoms with Crippen LogP contribution in [0.5, 0.6) is 0 Å². The molecule has 1 amide bonds. The van der Waals surface area contributed by atoms with Gasteiger partial charge in [0.05, 0.1) is 6.10 Å². The van der Waals surface area contributed by atoms with Gasteiger partial charge in [0.2, 0.25) is 5.91 Å². The first-order valence-corrected chi connectivity index (χ1v) is 6.86. The lowest BCUT2D eigenvalue weighted by atomic mass is 10.1. The van der Waals surface area contributed by atoms with E-state index in [1.165, 1.54) is 0 Å². The maximum absolute atomic E-state index is 11.6. The molecule has 2 atom stereocenters. The van der Waals surface area contributed by atoms with Crippen LogP contribution in [0.25, 0.3) is 0 Å². The van der Waals surface area contributed by atoms with Gasteiger partial charge in [0, 0.05) is 17.6 Å². The Morgan fingerprint density at radius 1 is 1.56 bits per heavy atom. The van der Waals surface area contributed by atoms with Crippen molar-refractivity contribution in [1.82, 2.24) is 5.32 Å². The predicted molar refractivity (Wildman–Crippen MR) is 73.1 cm³/mol. The van der Waals surface area contributed by atoms with Crippen LogP contribution in [0.2, 0.25) is 0 Å².